The van der Waals surface area contributed by atoms with E-state index in [1.807, 2.05) is 0 Å². The van der Waals surface area contributed by atoms with Gasteiger partial charge in [-0.2, -0.15) is 5.10 Å². The van der Waals surface area contributed by atoms with E-state index in [4.69, 9.17) is 22.3 Å². The number of benzene rings is 1. The highest BCUT2D eigenvalue weighted by Gasteiger charge is 2.33. The zero-order valence-corrected chi connectivity index (χ0v) is 14.1. The number of carbonyl (C=O) groups is 1. The van der Waals surface area contributed by atoms with Gasteiger partial charge in [-0.3, -0.25) is 4.79 Å². The van der Waals surface area contributed by atoms with Crippen molar-refractivity contribution >= 4 is 42.9 Å². The fraction of sp³-hybridized carbons (Fsp3) is 0.308. The number of carbonyl (C=O) groups excluding carboxylic acids is 1. The summed E-state index contributed by atoms with van der Waals surface area (Å²) in [4.78, 5) is 17.5. The van der Waals surface area contributed by atoms with Crippen LogP contribution in [0.15, 0.2) is 30.9 Å². The lowest BCUT2D eigenvalue weighted by atomic mass is 10.1. The van der Waals surface area contributed by atoms with Gasteiger partial charge in [0.2, 0.25) is 15.0 Å². The molecule has 3 rings (SSSR count). The van der Waals surface area contributed by atoms with Crippen LogP contribution in [0, 0.1) is 5.92 Å². The quantitative estimate of drug-likeness (QED) is 0.762. The zero-order valence-electron chi connectivity index (χ0n) is 11.8. The van der Waals surface area contributed by atoms with Crippen LogP contribution in [-0.4, -0.2) is 41.4 Å². The molecule has 10 heteroatoms. The van der Waals surface area contributed by atoms with Crippen LogP contribution in [0.25, 0.3) is 5.69 Å². The van der Waals surface area contributed by atoms with Gasteiger partial charge in [0, 0.05) is 35.3 Å². The molecule has 1 aliphatic heterocycles. The van der Waals surface area contributed by atoms with Crippen LogP contribution in [0.2, 0.25) is 5.02 Å². The maximum absolute atomic E-state index is 12.1. The molecule has 2 aromatic rings. The first-order valence-electron chi connectivity index (χ1n) is 6.71. The number of halogens is 2. The van der Waals surface area contributed by atoms with Crippen LogP contribution in [-0.2, 0) is 13.8 Å². The second-order valence-electron chi connectivity index (χ2n) is 5.26. The summed E-state index contributed by atoms with van der Waals surface area (Å²) < 4.78 is 23.8. The molecule has 0 bridgehead atoms. The van der Waals surface area contributed by atoms with Crippen molar-refractivity contribution in [1.82, 2.24) is 14.8 Å². The predicted octanol–water partition coefficient (Wildman–Crippen LogP) is 1.84. The highest BCUT2D eigenvalue weighted by molar-refractivity contribution is 8.13. The Hall–Kier alpha value is -1.64. The molecular weight excluding hydrogens is 363 g/mol. The van der Waals surface area contributed by atoms with Crippen LogP contribution in [0.5, 0.6) is 0 Å². The third kappa shape index (κ3) is 3.65. The van der Waals surface area contributed by atoms with Gasteiger partial charge in [0.05, 0.1) is 16.5 Å². The molecule has 0 aliphatic carbocycles. The lowest BCUT2D eigenvalue weighted by Crippen LogP contribution is -2.25. The molecular formula is C13H12Cl2N4O3S. The van der Waals surface area contributed by atoms with Crippen LogP contribution in [0.3, 0.4) is 0 Å². The number of nitrogens with zero attached hydrogens (tertiary/aromatic N) is 4. The standard InChI is InChI=1S/C13H12Cl2N4O3S/c14-11-4-10(1-2-12(11)19-8-16-7-17-19)18-5-9(3-13(18)20)6-23(15,21)22/h1-2,4,7-9H,3,5-6H2. The molecule has 1 unspecified atom stereocenters. The molecule has 1 fully saturated rings. The van der Waals surface area contributed by atoms with Crippen LogP contribution in [0.1, 0.15) is 6.42 Å². The molecule has 0 N–H and O–H groups in total. The fourth-order valence-electron chi connectivity index (χ4n) is 2.61. The molecule has 7 nitrogen and oxygen atoms in total. The Labute approximate surface area is 142 Å². The van der Waals surface area contributed by atoms with Crippen molar-refractivity contribution in [3.05, 3.63) is 35.9 Å². The Morgan fingerprint density at radius 2 is 2.13 bits per heavy atom. The number of hydrogen-bond acceptors (Lipinski definition) is 5. The molecule has 1 aromatic carbocycles. The third-order valence-electron chi connectivity index (χ3n) is 3.55. The van der Waals surface area contributed by atoms with Gasteiger partial charge in [-0.05, 0) is 18.2 Å². The van der Waals surface area contributed by atoms with Gasteiger partial charge in [0.1, 0.15) is 12.7 Å². The Morgan fingerprint density at radius 3 is 2.74 bits per heavy atom. The molecule has 0 saturated carbocycles. The van der Waals surface area contributed by atoms with Crippen LogP contribution >= 0.6 is 22.3 Å². The minimum atomic E-state index is -3.63. The molecule has 0 radical (unpaired) electrons. The third-order valence-corrected chi connectivity index (χ3v) is 5.10. The molecule has 1 amide bonds. The van der Waals surface area contributed by atoms with Crippen molar-refractivity contribution in [2.45, 2.75) is 6.42 Å². The number of anilines is 1. The predicted molar refractivity (Wildman–Crippen MR) is 86.5 cm³/mol. The summed E-state index contributed by atoms with van der Waals surface area (Å²) in [5, 5.41) is 4.41. The summed E-state index contributed by atoms with van der Waals surface area (Å²) in [6.45, 7) is 0.295. The fourth-order valence-corrected chi connectivity index (χ4v) is 4.19. The molecule has 23 heavy (non-hydrogen) atoms. The van der Waals surface area contributed by atoms with Gasteiger partial charge in [0.15, 0.2) is 0 Å². The van der Waals surface area contributed by atoms with Crippen LogP contribution in [0.4, 0.5) is 5.69 Å². The van der Waals surface area contributed by atoms with E-state index in [0.717, 1.165) is 0 Å². The zero-order chi connectivity index (χ0) is 16.6. The normalized spacial score (nSPS) is 18.6. The average Bonchev–Trinajstić information content (AvgIpc) is 3.06. The summed E-state index contributed by atoms with van der Waals surface area (Å²) >= 11 is 6.25. The Kier molecular flexibility index (Phi) is 4.31. The van der Waals surface area contributed by atoms with E-state index in [2.05, 4.69) is 10.1 Å². The minimum absolute atomic E-state index is 0.147. The molecule has 2 heterocycles. The number of aromatic nitrogens is 3. The summed E-state index contributed by atoms with van der Waals surface area (Å²) in [7, 11) is 1.63. The minimum Gasteiger partial charge on any atom is -0.312 e. The summed E-state index contributed by atoms with van der Waals surface area (Å²) in [6, 6.07) is 5.11. The van der Waals surface area contributed by atoms with Crippen molar-refractivity contribution in [3.8, 4) is 5.69 Å². The van der Waals surface area contributed by atoms with Crippen molar-refractivity contribution in [1.29, 1.82) is 0 Å². The van der Waals surface area contributed by atoms with E-state index >= 15 is 0 Å². The lowest BCUT2D eigenvalue weighted by molar-refractivity contribution is -0.117. The van der Waals surface area contributed by atoms with Crippen molar-refractivity contribution in [2.24, 2.45) is 5.92 Å². The van der Waals surface area contributed by atoms with E-state index < -0.39 is 9.05 Å². The van der Waals surface area contributed by atoms with Crippen molar-refractivity contribution < 1.29 is 13.2 Å². The first-order chi connectivity index (χ1) is 10.8. The molecule has 122 valence electrons. The van der Waals surface area contributed by atoms with Gasteiger partial charge < -0.3 is 4.90 Å². The molecule has 1 saturated heterocycles. The van der Waals surface area contributed by atoms with Gasteiger partial charge >= 0.3 is 0 Å². The second-order valence-corrected chi connectivity index (χ2v) is 8.48. The van der Waals surface area contributed by atoms with E-state index in [-0.39, 0.29) is 24.0 Å². The highest BCUT2D eigenvalue weighted by Crippen LogP contribution is 2.31. The first kappa shape index (κ1) is 16.2. The monoisotopic (exact) mass is 374 g/mol. The Balaban J connectivity index is 1.82. The maximum atomic E-state index is 12.1. The lowest BCUT2D eigenvalue weighted by Gasteiger charge is -2.17. The maximum Gasteiger partial charge on any atom is 0.232 e. The molecule has 1 aliphatic rings. The van der Waals surface area contributed by atoms with E-state index in [0.29, 0.717) is 22.9 Å². The summed E-state index contributed by atoms with van der Waals surface area (Å²) in [5.41, 5.74) is 1.25. The van der Waals surface area contributed by atoms with Crippen molar-refractivity contribution in [2.75, 3.05) is 17.2 Å². The summed E-state index contributed by atoms with van der Waals surface area (Å²) in [6.07, 6.45) is 3.06. The topological polar surface area (TPSA) is 85.2 Å². The average molecular weight is 375 g/mol. The number of rotatable bonds is 4. The van der Waals surface area contributed by atoms with Crippen LogP contribution < -0.4 is 4.90 Å². The van der Waals surface area contributed by atoms with Gasteiger partial charge in [-0.1, -0.05) is 11.6 Å². The van der Waals surface area contributed by atoms with Gasteiger partial charge in [0.25, 0.3) is 0 Å². The van der Waals surface area contributed by atoms with Gasteiger partial charge in [-0.25, -0.2) is 18.1 Å². The molecule has 0 spiro atoms. The largest absolute Gasteiger partial charge is 0.312 e. The smallest absolute Gasteiger partial charge is 0.232 e. The van der Waals surface area contributed by atoms with Crippen molar-refractivity contribution in [3.63, 3.8) is 0 Å². The second kappa shape index (κ2) is 6.10. The van der Waals surface area contributed by atoms with Gasteiger partial charge in [-0.15, -0.1) is 0 Å². The highest BCUT2D eigenvalue weighted by atomic mass is 35.7. The van der Waals surface area contributed by atoms with E-state index in [1.165, 1.54) is 22.2 Å². The van der Waals surface area contributed by atoms with E-state index in [9.17, 15) is 13.2 Å². The Morgan fingerprint density at radius 1 is 1.35 bits per heavy atom. The molecule has 1 aromatic heterocycles. The number of amides is 1. The molecule has 1 atom stereocenters. The Bertz CT molecular complexity index is 839. The van der Waals surface area contributed by atoms with E-state index in [1.54, 1.807) is 18.2 Å². The summed E-state index contributed by atoms with van der Waals surface area (Å²) in [5.74, 6) is -0.694. The number of hydrogen-bond donors (Lipinski definition) is 0. The SMILES string of the molecule is O=C1CC(CS(=O)(=O)Cl)CN1c1ccc(-n2cncn2)c(Cl)c1. The first-order valence-corrected chi connectivity index (χ1v) is 9.56.